The lowest BCUT2D eigenvalue weighted by Gasteiger charge is -2.14. The van der Waals surface area contributed by atoms with Crippen molar-refractivity contribution < 1.29 is 4.74 Å². The molecule has 0 saturated heterocycles. The molecule has 2 N–H and O–H groups in total. The first-order valence-electron chi connectivity index (χ1n) is 9.83. The molecule has 8 nitrogen and oxygen atoms in total. The number of aliphatic imine (C=N–C) groups is 1. The second kappa shape index (κ2) is 10.4. The Labute approximate surface area is 171 Å². The predicted molar refractivity (Wildman–Crippen MR) is 115 cm³/mol. The molecule has 154 valence electrons. The number of rotatable bonds is 9. The van der Waals surface area contributed by atoms with Gasteiger partial charge in [0, 0.05) is 24.8 Å². The van der Waals surface area contributed by atoms with Crippen LogP contribution in [-0.4, -0.2) is 59.2 Å². The Hall–Kier alpha value is -3.13. The van der Waals surface area contributed by atoms with Gasteiger partial charge in [-0.2, -0.15) is 0 Å². The zero-order valence-corrected chi connectivity index (χ0v) is 17.3. The van der Waals surface area contributed by atoms with Crippen molar-refractivity contribution in [3.8, 4) is 5.75 Å². The van der Waals surface area contributed by atoms with Gasteiger partial charge in [0.1, 0.15) is 12.4 Å². The van der Waals surface area contributed by atoms with E-state index in [2.05, 4.69) is 25.7 Å². The molecular formula is C21H29N7O. The van der Waals surface area contributed by atoms with E-state index in [1.54, 1.807) is 0 Å². The van der Waals surface area contributed by atoms with Crippen LogP contribution in [0, 0.1) is 0 Å². The van der Waals surface area contributed by atoms with Crippen LogP contribution < -0.4 is 15.4 Å². The summed E-state index contributed by atoms with van der Waals surface area (Å²) in [5.41, 5.74) is 1.88. The molecular weight excluding hydrogens is 366 g/mol. The van der Waals surface area contributed by atoms with Crippen LogP contribution in [0.4, 0.5) is 0 Å². The number of pyridine rings is 1. The van der Waals surface area contributed by atoms with Crippen molar-refractivity contribution in [2.24, 2.45) is 4.99 Å². The molecule has 3 rings (SSSR count). The van der Waals surface area contributed by atoms with E-state index in [4.69, 9.17) is 9.73 Å². The number of ether oxygens (including phenoxy) is 1. The maximum absolute atomic E-state index is 5.93. The Morgan fingerprint density at radius 3 is 2.76 bits per heavy atom. The summed E-state index contributed by atoms with van der Waals surface area (Å²) in [7, 11) is 4.07. The summed E-state index contributed by atoms with van der Waals surface area (Å²) in [6, 6.07) is 13.9. The molecule has 0 aliphatic heterocycles. The van der Waals surface area contributed by atoms with Gasteiger partial charge in [0.2, 0.25) is 0 Å². The van der Waals surface area contributed by atoms with Crippen molar-refractivity contribution in [1.29, 1.82) is 0 Å². The van der Waals surface area contributed by atoms with Crippen molar-refractivity contribution in [3.63, 3.8) is 0 Å². The molecule has 8 heteroatoms. The zero-order chi connectivity index (χ0) is 20.5. The predicted octanol–water partition coefficient (Wildman–Crippen LogP) is 1.92. The van der Waals surface area contributed by atoms with Crippen LogP contribution in [0.1, 0.15) is 18.3 Å². The minimum absolute atomic E-state index is 0.522. The molecule has 0 atom stereocenters. The number of guanidine groups is 1. The second-order valence-corrected chi connectivity index (χ2v) is 6.85. The molecule has 0 aliphatic carbocycles. The molecule has 2 heterocycles. The SMILES string of the molecule is CCNC(=NCc1ccccc1OCCN(C)C)NCc1nnc2ccccn12. The van der Waals surface area contributed by atoms with E-state index in [9.17, 15) is 0 Å². The third-order valence-corrected chi connectivity index (χ3v) is 4.32. The minimum Gasteiger partial charge on any atom is -0.492 e. The first-order valence-corrected chi connectivity index (χ1v) is 9.83. The van der Waals surface area contributed by atoms with Crippen LogP contribution in [-0.2, 0) is 13.1 Å². The van der Waals surface area contributed by atoms with E-state index in [1.807, 2.05) is 74.1 Å². The van der Waals surface area contributed by atoms with Crippen LogP contribution in [0.2, 0.25) is 0 Å². The van der Waals surface area contributed by atoms with Gasteiger partial charge in [-0.05, 0) is 39.2 Å². The number of para-hydroxylation sites is 1. The molecule has 2 aromatic heterocycles. The van der Waals surface area contributed by atoms with E-state index >= 15 is 0 Å². The molecule has 0 fully saturated rings. The summed E-state index contributed by atoms with van der Waals surface area (Å²) < 4.78 is 7.90. The molecule has 0 unspecified atom stereocenters. The van der Waals surface area contributed by atoms with Gasteiger partial charge >= 0.3 is 0 Å². The largest absolute Gasteiger partial charge is 0.492 e. The first-order chi connectivity index (χ1) is 14.2. The number of hydrogen-bond acceptors (Lipinski definition) is 5. The summed E-state index contributed by atoms with van der Waals surface area (Å²) in [6.07, 6.45) is 1.96. The lowest BCUT2D eigenvalue weighted by Crippen LogP contribution is -2.37. The molecule has 1 aromatic carbocycles. The standard InChI is InChI=1S/C21H29N7O/c1-4-22-21(24-16-20-26-25-19-11-7-8-12-28(19)20)23-15-17-9-5-6-10-18(17)29-14-13-27(2)3/h5-12H,4,13-16H2,1-3H3,(H2,22,23,24). The Kier molecular flexibility index (Phi) is 7.40. The van der Waals surface area contributed by atoms with Gasteiger partial charge in [0.25, 0.3) is 0 Å². The molecule has 0 aliphatic rings. The summed E-state index contributed by atoms with van der Waals surface area (Å²) in [4.78, 5) is 6.81. The number of likely N-dealkylation sites (N-methyl/N-ethyl adjacent to an activating group) is 1. The zero-order valence-electron chi connectivity index (χ0n) is 17.3. The van der Waals surface area contributed by atoms with E-state index in [0.717, 1.165) is 41.8 Å². The number of benzene rings is 1. The van der Waals surface area contributed by atoms with Crippen molar-refractivity contribution in [2.45, 2.75) is 20.0 Å². The maximum Gasteiger partial charge on any atom is 0.191 e. The third-order valence-electron chi connectivity index (χ3n) is 4.32. The summed E-state index contributed by atoms with van der Waals surface area (Å²) in [5.74, 6) is 2.43. The third kappa shape index (κ3) is 5.92. The minimum atomic E-state index is 0.522. The quantitative estimate of drug-likeness (QED) is 0.426. The highest BCUT2D eigenvalue weighted by Gasteiger charge is 2.07. The van der Waals surface area contributed by atoms with Gasteiger partial charge in [-0.1, -0.05) is 24.3 Å². The Balaban J connectivity index is 1.65. The number of fused-ring (bicyclic) bond motifs is 1. The van der Waals surface area contributed by atoms with Crippen LogP contribution in [0.3, 0.4) is 0 Å². The Morgan fingerprint density at radius 1 is 1.10 bits per heavy atom. The Morgan fingerprint density at radius 2 is 1.93 bits per heavy atom. The fraction of sp³-hybridized carbons (Fsp3) is 0.381. The lowest BCUT2D eigenvalue weighted by atomic mass is 10.2. The Bertz CT molecular complexity index is 935. The monoisotopic (exact) mass is 395 g/mol. The molecule has 0 spiro atoms. The highest BCUT2D eigenvalue weighted by molar-refractivity contribution is 5.79. The lowest BCUT2D eigenvalue weighted by molar-refractivity contribution is 0.259. The topological polar surface area (TPSA) is 79.1 Å². The van der Waals surface area contributed by atoms with Crippen LogP contribution in [0.25, 0.3) is 5.65 Å². The normalized spacial score (nSPS) is 11.8. The molecule has 0 saturated carbocycles. The molecule has 0 bridgehead atoms. The van der Waals surface area contributed by atoms with Crippen molar-refractivity contribution in [3.05, 3.63) is 60.0 Å². The van der Waals surface area contributed by atoms with Crippen molar-refractivity contribution in [2.75, 3.05) is 33.8 Å². The van der Waals surface area contributed by atoms with Gasteiger partial charge in [-0.3, -0.25) is 4.40 Å². The smallest absolute Gasteiger partial charge is 0.191 e. The fourth-order valence-electron chi connectivity index (χ4n) is 2.79. The van der Waals surface area contributed by atoms with Crippen LogP contribution in [0.5, 0.6) is 5.75 Å². The van der Waals surface area contributed by atoms with E-state index in [-0.39, 0.29) is 0 Å². The number of nitrogens with one attached hydrogen (secondary N) is 2. The summed E-state index contributed by atoms with van der Waals surface area (Å²) in [6.45, 7) is 5.38. The van der Waals surface area contributed by atoms with E-state index in [1.165, 1.54) is 0 Å². The highest BCUT2D eigenvalue weighted by Crippen LogP contribution is 2.18. The van der Waals surface area contributed by atoms with E-state index < -0.39 is 0 Å². The average molecular weight is 396 g/mol. The van der Waals surface area contributed by atoms with Gasteiger partial charge in [-0.15, -0.1) is 10.2 Å². The second-order valence-electron chi connectivity index (χ2n) is 6.85. The van der Waals surface area contributed by atoms with Gasteiger partial charge in [0.15, 0.2) is 17.4 Å². The van der Waals surface area contributed by atoms with E-state index in [0.29, 0.717) is 19.7 Å². The molecule has 29 heavy (non-hydrogen) atoms. The summed E-state index contributed by atoms with van der Waals surface area (Å²) >= 11 is 0. The van der Waals surface area contributed by atoms with Crippen molar-refractivity contribution in [1.82, 2.24) is 30.1 Å². The van der Waals surface area contributed by atoms with Gasteiger partial charge in [0.05, 0.1) is 13.1 Å². The van der Waals surface area contributed by atoms with Crippen LogP contribution >= 0.6 is 0 Å². The number of nitrogens with zero attached hydrogens (tertiary/aromatic N) is 5. The van der Waals surface area contributed by atoms with Gasteiger partial charge in [-0.25, -0.2) is 4.99 Å². The molecule has 3 aromatic rings. The fourth-order valence-corrected chi connectivity index (χ4v) is 2.79. The van der Waals surface area contributed by atoms with Crippen molar-refractivity contribution >= 4 is 11.6 Å². The van der Waals surface area contributed by atoms with Crippen LogP contribution in [0.15, 0.2) is 53.7 Å². The highest BCUT2D eigenvalue weighted by atomic mass is 16.5. The average Bonchev–Trinajstić information content (AvgIpc) is 3.14. The number of hydrogen-bond donors (Lipinski definition) is 2. The summed E-state index contributed by atoms with van der Waals surface area (Å²) in [5, 5.41) is 15.0. The molecule has 0 radical (unpaired) electrons. The molecule has 0 amide bonds. The number of aromatic nitrogens is 3. The van der Waals surface area contributed by atoms with Gasteiger partial charge < -0.3 is 20.3 Å². The maximum atomic E-state index is 5.93. The first kappa shape index (κ1) is 20.6.